The highest BCUT2D eigenvalue weighted by Crippen LogP contribution is 2.16. The normalized spacial score (nSPS) is 13.5. The van der Waals surface area contributed by atoms with Gasteiger partial charge in [0, 0.05) is 34.6 Å². The molecule has 10 heteroatoms. The van der Waals surface area contributed by atoms with Crippen LogP contribution >= 0.6 is 0 Å². The predicted octanol–water partition coefficient (Wildman–Crippen LogP) is 0.261. The number of amides is 1. The number of carbonyl (C=O) groups excluding carboxylic acids is 5. The molecule has 10 nitrogen and oxygen atoms in total. The second-order valence-corrected chi connectivity index (χ2v) is 5.84. The minimum Gasteiger partial charge on any atom is -0.462 e. The molecule has 0 heterocycles. The second-order valence-electron chi connectivity index (χ2n) is 5.84. The summed E-state index contributed by atoms with van der Waals surface area (Å²) in [5.74, 6) is -2.68. The fraction of sp³-hybridized carbons (Fsp3) is 0.706. The molecule has 0 fully saturated rings. The monoisotopic (exact) mass is 389 g/mol. The summed E-state index contributed by atoms with van der Waals surface area (Å²) in [5.41, 5.74) is 0. The fourth-order valence-corrected chi connectivity index (χ4v) is 2.21. The average Bonchev–Trinajstić information content (AvgIpc) is 2.51. The van der Waals surface area contributed by atoms with Crippen LogP contribution in [0.3, 0.4) is 0 Å². The van der Waals surface area contributed by atoms with Crippen molar-refractivity contribution in [2.75, 3.05) is 13.2 Å². The molecule has 0 saturated heterocycles. The highest BCUT2D eigenvalue weighted by molar-refractivity contribution is 5.73. The minimum absolute atomic E-state index is 0.0733. The first kappa shape index (κ1) is 24.4. The molecule has 0 aromatic rings. The van der Waals surface area contributed by atoms with Crippen molar-refractivity contribution in [3.63, 3.8) is 0 Å². The number of hydrogen-bond acceptors (Lipinski definition) is 9. The first-order valence-electron chi connectivity index (χ1n) is 8.40. The summed E-state index contributed by atoms with van der Waals surface area (Å²) in [6, 6.07) is 0. The quantitative estimate of drug-likeness (QED) is 0.390. The van der Waals surface area contributed by atoms with E-state index in [9.17, 15) is 24.0 Å². The maximum atomic E-state index is 11.4. The van der Waals surface area contributed by atoms with E-state index in [0.717, 1.165) is 0 Å². The van der Waals surface area contributed by atoms with Gasteiger partial charge in [-0.15, -0.1) is 0 Å². The Kier molecular flexibility index (Phi) is 11.4. The van der Waals surface area contributed by atoms with E-state index < -0.39 is 42.2 Å². The number of nitrogens with one attached hydrogen (secondary N) is 1. The Morgan fingerprint density at radius 2 is 1.22 bits per heavy atom. The van der Waals surface area contributed by atoms with E-state index in [-0.39, 0.29) is 31.9 Å². The number of hydrogen-bond donors (Lipinski definition) is 1. The summed E-state index contributed by atoms with van der Waals surface area (Å²) in [7, 11) is 0. The zero-order chi connectivity index (χ0) is 21.0. The van der Waals surface area contributed by atoms with Crippen LogP contribution in [0.4, 0.5) is 0 Å². The molecule has 0 aromatic heterocycles. The van der Waals surface area contributed by atoms with E-state index in [0.29, 0.717) is 0 Å². The van der Waals surface area contributed by atoms with Crippen molar-refractivity contribution in [3.05, 3.63) is 0 Å². The van der Waals surface area contributed by atoms with Crippen LogP contribution in [-0.2, 0) is 42.9 Å². The van der Waals surface area contributed by atoms with Gasteiger partial charge in [-0.2, -0.15) is 0 Å². The van der Waals surface area contributed by atoms with Crippen molar-refractivity contribution in [2.24, 2.45) is 0 Å². The maximum absolute atomic E-state index is 11.4. The van der Waals surface area contributed by atoms with Gasteiger partial charge in [-0.3, -0.25) is 24.0 Å². The average molecular weight is 389 g/mol. The van der Waals surface area contributed by atoms with Gasteiger partial charge >= 0.3 is 23.9 Å². The fourth-order valence-electron chi connectivity index (χ4n) is 2.21. The Morgan fingerprint density at radius 1 is 0.704 bits per heavy atom. The van der Waals surface area contributed by atoms with Crippen LogP contribution in [0.25, 0.3) is 0 Å². The smallest absolute Gasteiger partial charge is 0.303 e. The van der Waals surface area contributed by atoms with E-state index in [2.05, 4.69) is 5.32 Å². The molecular weight excluding hydrogens is 362 g/mol. The Morgan fingerprint density at radius 3 is 1.67 bits per heavy atom. The SMILES string of the molecule is CC(=O)NC[C@H](CC[C@H](OC(C)=O)[C@@H](COC(C)=O)OC(C)=O)OC(C)=O. The van der Waals surface area contributed by atoms with E-state index in [1.165, 1.54) is 34.6 Å². The standard InChI is InChI=1S/C17H27NO9/c1-10(19)18-8-15(25-12(3)21)6-7-16(26-13(4)22)17(27-14(5)23)9-24-11(2)20/h15-17H,6-9H2,1-5H3,(H,18,19)/t15-,16-,17+/m0/s1. The second kappa shape index (κ2) is 12.7. The topological polar surface area (TPSA) is 134 Å². The Bertz CT molecular complexity index is 547. The third-order valence-corrected chi connectivity index (χ3v) is 3.18. The molecule has 0 unspecified atom stereocenters. The Labute approximate surface area is 157 Å². The lowest BCUT2D eigenvalue weighted by Gasteiger charge is -2.27. The molecule has 1 N–H and O–H groups in total. The third kappa shape index (κ3) is 13.2. The number of carbonyl (C=O) groups is 5. The minimum atomic E-state index is -1.02. The van der Waals surface area contributed by atoms with Gasteiger partial charge in [-0.1, -0.05) is 0 Å². The van der Waals surface area contributed by atoms with Gasteiger partial charge in [0.25, 0.3) is 0 Å². The molecule has 0 radical (unpaired) electrons. The Balaban J connectivity index is 5.14. The molecule has 27 heavy (non-hydrogen) atoms. The highest BCUT2D eigenvalue weighted by atomic mass is 16.6. The van der Waals surface area contributed by atoms with Crippen molar-refractivity contribution >= 4 is 29.8 Å². The number of esters is 4. The molecule has 3 atom stereocenters. The maximum Gasteiger partial charge on any atom is 0.303 e. The van der Waals surface area contributed by atoms with Gasteiger partial charge in [0.1, 0.15) is 18.8 Å². The third-order valence-electron chi connectivity index (χ3n) is 3.18. The van der Waals surface area contributed by atoms with Gasteiger partial charge in [-0.25, -0.2) is 0 Å². The lowest BCUT2D eigenvalue weighted by atomic mass is 10.0. The molecule has 154 valence electrons. The van der Waals surface area contributed by atoms with Crippen molar-refractivity contribution in [1.82, 2.24) is 5.32 Å². The number of rotatable bonds is 11. The summed E-state index contributed by atoms with van der Waals surface area (Å²) < 4.78 is 20.3. The molecule has 0 aliphatic carbocycles. The first-order chi connectivity index (χ1) is 12.5. The van der Waals surface area contributed by atoms with E-state index >= 15 is 0 Å². The summed E-state index contributed by atoms with van der Waals surface area (Å²) in [6.45, 7) is 5.88. The zero-order valence-electron chi connectivity index (χ0n) is 16.2. The van der Waals surface area contributed by atoms with Crippen molar-refractivity contribution < 1.29 is 42.9 Å². The summed E-state index contributed by atoms with van der Waals surface area (Å²) >= 11 is 0. The van der Waals surface area contributed by atoms with Crippen molar-refractivity contribution in [2.45, 2.75) is 65.8 Å². The molecule has 0 bridgehead atoms. The van der Waals surface area contributed by atoms with Crippen LogP contribution in [-0.4, -0.2) is 61.2 Å². The van der Waals surface area contributed by atoms with Gasteiger partial charge in [0.15, 0.2) is 6.10 Å². The first-order valence-corrected chi connectivity index (χ1v) is 8.40. The van der Waals surface area contributed by atoms with Crippen LogP contribution < -0.4 is 5.32 Å². The molecule has 0 aromatic carbocycles. The van der Waals surface area contributed by atoms with Crippen molar-refractivity contribution in [3.8, 4) is 0 Å². The van der Waals surface area contributed by atoms with E-state index in [4.69, 9.17) is 18.9 Å². The van der Waals surface area contributed by atoms with Crippen LogP contribution in [0, 0.1) is 0 Å². The molecule has 0 spiro atoms. The summed E-state index contributed by atoms with van der Waals surface area (Å²) in [6.07, 6.45) is -2.28. The van der Waals surface area contributed by atoms with Crippen LogP contribution in [0.5, 0.6) is 0 Å². The molecule has 0 aliphatic rings. The van der Waals surface area contributed by atoms with Crippen LogP contribution in [0.2, 0.25) is 0 Å². The zero-order valence-corrected chi connectivity index (χ0v) is 16.2. The highest BCUT2D eigenvalue weighted by Gasteiger charge is 2.30. The summed E-state index contributed by atoms with van der Waals surface area (Å²) in [5, 5.41) is 2.54. The summed E-state index contributed by atoms with van der Waals surface area (Å²) in [4.78, 5) is 56.1. The van der Waals surface area contributed by atoms with Gasteiger partial charge in [-0.05, 0) is 12.8 Å². The predicted molar refractivity (Wildman–Crippen MR) is 91.2 cm³/mol. The molecule has 0 rings (SSSR count). The van der Waals surface area contributed by atoms with Crippen molar-refractivity contribution in [1.29, 1.82) is 0 Å². The van der Waals surface area contributed by atoms with E-state index in [1.54, 1.807) is 0 Å². The van der Waals surface area contributed by atoms with Gasteiger partial charge < -0.3 is 24.3 Å². The van der Waals surface area contributed by atoms with Crippen LogP contribution in [0.1, 0.15) is 47.5 Å². The van der Waals surface area contributed by atoms with Crippen LogP contribution in [0.15, 0.2) is 0 Å². The lowest BCUT2D eigenvalue weighted by Crippen LogP contribution is -2.40. The van der Waals surface area contributed by atoms with Gasteiger partial charge in [0.05, 0.1) is 6.54 Å². The molecular formula is C17H27NO9. The van der Waals surface area contributed by atoms with Gasteiger partial charge in [0.2, 0.25) is 5.91 Å². The molecule has 1 amide bonds. The molecule has 0 aliphatic heterocycles. The van der Waals surface area contributed by atoms with E-state index in [1.807, 2.05) is 0 Å². The lowest BCUT2D eigenvalue weighted by molar-refractivity contribution is -0.174. The largest absolute Gasteiger partial charge is 0.462 e. The molecule has 0 saturated carbocycles. The Hall–Kier alpha value is -2.65. The number of ether oxygens (including phenoxy) is 4.